The number of ether oxygens (including phenoxy) is 1. The Labute approximate surface area is 152 Å². The van der Waals surface area contributed by atoms with E-state index in [1.807, 2.05) is 18.2 Å². The molecule has 3 rings (SSSR count). The van der Waals surface area contributed by atoms with Crippen LogP contribution in [0, 0.1) is 0 Å². The number of aliphatic hydroxyl groups is 1. The van der Waals surface area contributed by atoms with E-state index in [1.165, 1.54) is 0 Å². The second-order valence-corrected chi connectivity index (χ2v) is 6.17. The summed E-state index contributed by atoms with van der Waals surface area (Å²) in [5, 5.41) is 13.4. The van der Waals surface area contributed by atoms with Gasteiger partial charge < -0.3 is 15.2 Å². The number of hydrogen-bond acceptors (Lipinski definition) is 4. The number of hydrogen-bond donors (Lipinski definition) is 2. The number of rotatable bonds is 6. The van der Waals surface area contributed by atoms with Crippen molar-refractivity contribution in [3.05, 3.63) is 84.7 Å². The summed E-state index contributed by atoms with van der Waals surface area (Å²) in [4.78, 5) is 16.2. The van der Waals surface area contributed by atoms with Gasteiger partial charge in [0.1, 0.15) is 11.5 Å². The molecule has 0 aliphatic heterocycles. The Morgan fingerprint density at radius 2 is 1.62 bits per heavy atom. The van der Waals surface area contributed by atoms with Crippen LogP contribution < -0.4 is 10.1 Å². The van der Waals surface area contributed by atoms with E-state index in [0.717, 1.165) is 0 Å². The highest BCUT2D eigenvalue weighted by atomic mass is 16.5. The smallest absolute Gasteiger partial charge is 0.227 e. The van der Waals surface area contributed by atoms with Crippen molar-refractivity contribution in [2.75, 3.05) is 5.32 Å². The molecule has 0 radical (unpaired) electrons. The standard InChI is InChI=1S/C21H20N2O3/c1-21(25,16-5-3-2-4-6-16)15-20(24)23-17-7-9-18(10-8-17)26-19-11-13-22-14-12-19/h2-14,25H,15H2,1H3,(H,23,24). The highest BCUT2D eigenvalue weighted by Gasteiger charge is 2.26. The zero-order valence-electron chi connectivity index (χ0n) is 14.4. The molecule has 1 atom stereocenters. The lowest BCUT2D eigenvalue weighted by molar-refractivity contribution is -0.120. The maximum absolute atomic E-state index is 12.3. The molecule has 0 fully saturated rings. The van der Waals surface area contributed by atoms with Gasteiger partial charge in [0.15, 0.2) is 0 Å². The van der Waals surface area contributed by atoms with Crippen LogP contribution in [0.2, 0.25) is 0 Å². The van der Waals surface area contributed by atoms with Crippen molar-refractivity contribution in [2.45, 2.75) is 18.9 Å². The van der Waals surface area contributed by atoms with Crippen LogP contribution in [-0.2, 0) is 10.4 Å². The van der Waals surface area contributed by atoms with Gasteiger partial charge in [-0.15, -0.1) is 0 Å². The van der Waals surface area contributed by atoms with Gasteiger partial charge in [0.25, 0.3) is 0 Å². The normalized spacial score (nSPS) is 12.8. The molecule has 0 saturated heterocycles. The average Bonchev–Trinajstić information content (AvgIpc) is 2.64. The minimum Gasteiger partial charge on any atom is -0.457 e. The van der Waals surface area contributed by atoms with Gasteiger partial charge in [0.2, 0.25) is 5.91 Å². The van der Waals surface area contributed by atoms with Gasteiger partial charge in [-0.25, -0.2) is 0 Å². The molecule has 0 aliphatic carbocycles. The van der Waals surface area contributed by atoms with E-state index in [2.05, 4.69) is 10.3 Å². The fraction of sp³-hybridized carbons (Fsp3) is 0.143. The fourth-order valence-corrected chi connectivity index (χ4v) is 2.57. The lowest BCUT2D eigenvalue weighted by Crippen LogP contribution is -2.28. The molecular weight excluding hydrogens is 328 g/mol. The van der Waals surface area contributed by atoms with E-state index in [9.17, 15) is 9.90 Å². The predicted octanol–water partition coefficient (Wildman–Crippen LogP) is 4.11. The number of amides is 1. The first-order valence-corrected chi connectivity index (χ1v) is 8.29. The molecular formula is C21H20N2O3. The summed E-state index contributed by atoms with van der Waals surface area (Å²) in [5.74, 6) is 1.09. The lowest BCUT2D eigenvalue weighted by Gasteiger charge is -2.23. The van der Waals surface area contributed by atoms with E-state index >= 15 is 0 Å². The van der Waals surface area contributed by atoms with Crippen molar-refractivity contribution < 1.29 is 14.6 Å². The van der Waals surface area contributed by atoms with Gasteiger partial charge in [-0.05, 0) is 48.9 Å². The third-order valence-electron chi connectivity index (χ3n) is 3.92. The largest absolute Gasteiger partial charge is 0.457 e. The lowest BCUT2D eigenvalue weighted by atomic mass is 9.92. The molecule has 1 aromatic heterocycles. The Morgan fingerprint density at radius 3 is 2.27 bits per heavy atom. The van der Waals surface area contributed by atoms with Crippen molar-refractivity contribution in [1.82, 2.24) is 4.98 Å². The number of benzene rings is 2. The van der Waals surface area contributed by atoms with E-state index in [0.29, 0.717) is 22.7 Å². The van der Waals surface area contributed by atoms with E-state index in [-0.39, 0.29) is 12.3 Å². The van der Waals surface area contributed by atoms with Gasteiger partial charge >= 0.3 is 0 Å². The molecule has 0 spiro atoms. The third-order valence-corrected chi connectivity index (χ3v) is 3.92. The first kappa shape index (κ1) is 17.6. The first-order valence-electron chi connectivity index (χ1n) is 8.29. The van der Waals surface area contributed by atoms with Crippen LogP contribution in [0.1, 0.15) is 18.9 Å². The molecule has 26 heavy (non-hydrogen) atoms. The van der Waals surface area contributed by atoms with Crippen molar-refractivity contribution >= 4 is 11.6 Å². The Hall–Kier alpha value is -3.18. The van der Waals surface area contributed by atoms with Crippen molar-refractivity contribution in [1.29, 1.82) is 0 Å². The van der Waals surface area contributed by atoms with Crippen LogP contribution in [-0.4, -0.2) is 16.0 Å². The van der Waals surface area contributed by atoms with E-state index < -0.39 is 5.60 Å². The Bertz CT molecular complexity index is 847. The van der Waals surface area contributed by atoms with E-state index in [4.69, 9.17) is 4.74 Å². The van der Waals surface area contributed by atoms with Crippen LogP contribution in [0.15, 0.2) is 79.1 Å². The Balaban J connectivity index is 1.59. The molecule has 0 aliphatic rings. The van der Waals surface area contributed by atoms with Gasteiger partial charge in [-0.3, -0.25) is 9.78 Å². The molecule has 5 heteroatoms. The maximum Gasteiger partial charge on any atom is 0.227 e. The quantitative estimate of drug-likeness (QED) is 0.703. The summed E-state index contributed by atoms with van der Waals surface area (Å²) in [6, 6.07) is 19.7. The van der Waals surface area contributed by atoms with Crippen LogP contribution >= 0.6 is 0 Å². The first-order chi connectivity index (χ1) is 12.5. The van der Waals surface area contributed by atoms with E-state index in [1.54, 1.807) is 67.8 Å². The monoisotopic (exact) mass is 348 g/mol. The zero-order chi connectivity index (χ0) is 18.4. The second-order valence-electron chi connectivity index (χ2n) is 6.17. The highest BCUT2D eigenvalue weighted by Crippen LogP contribution is 2.26. The van der Waals surface area contributed by atoms with Gasteiger partial charge in [0, 0.05) is 18.1 Å². The molecule has 0 bridgehead atoms. The van der Waals surface area contributed by atoms with Crippen LogP contribution in [0.25, 0.3) is 0 Å². The van der Waals surface area contributed by atoms with Crippen LogP contribution in [0.4, 0.5) is 5.69 Å². The molecule has 5 nitrogen and oxygen atoms in total. The highest BCUT2D eigenvalue weighted by molar-refractivity contribution is 5.91. The maximum atomic E-state index is 12.3. The van der Waals surface area contributed by atoms with Crippen LogP contribution in [0.3, 0.4) is 0 Å². The van der Waals surface area contributed by atoms with Gasteiger partial charge in [-0.1, -0.05) is 30.3 Å². The summed E-state index contributed by atoms with van der Waals surface area (Å²) < 4.78 is 5.68. The van der Waals surface area contributed by atoms with Gasteiger partial charge in [-0.2, -0.15) is 0 Å². The van der Waals surface area contributed by atoms with Crippen LogP contribution in [0.5, 0.6) is 11.5 Å². The zero-order valence-corrected chi connectivity index (χ0v) is 14.4. The van der Waals surface area contributed by atoms with Crippen molar-refractivity contribution in [3.8, 4) is 11.5 Å². The summed E-state index contributed by atoms with van der Waals surface area (Å²) >= 11 is 0. The number of anilines is 1. The number of pyridine rings is 1. The molecule has 1 heterocycles. The van der Waals surface area contributed by atoms with Gasteiger partial charge in [0.05, 0.1) is 12.0 Å². The topological polar surface area (TPSA) is 71.5 Å². The minimum absolute atomic E-state index is 0.0354. The SMILES string of the molecule is CC(O)(CC(=O)Nc1ccc(Oc2ccncc2)cc1)c1ccccc1. The van der Waals surface area contributed by atoms with Crippen molar-refractivity contribution in [3.63, 3.8) is 0 Å². The summed E-state index contributed by atoms with van der Waals surface area (Å²) in [7, 11) is 0. The fourth-order valence-electron chi connectivity index (χ4n) is 2.57. The summed E-state index contributed by atoms with van der Waals surface area (Å²) in [5.41, 5.74) is 0.118. The minimum atomic E-state index is -1.23. The summed E-state index contributed by atoms with van der Waals surface area (Å²) in [6.45, 7) is 1.63. The number of nitrogens with zero attached hydrogens (tertiary/aromatic N) is 1. The predicted molar refractivity (Wildman–Crippen MR) is 100 cm³/mol. The molecule has 3 aromatic rings. The molecule has 132 valence electrons. The van der Waals surface area contributed by atoms with Crippen molar-refractivity contribution in [2.24, 2.45) is 0 Å². The Morgan fingerprint density at radius 1 is 1.00 bits per heavy atom. The number of nitrogens with one attached hydrogen (secondary N) is 1. The molecule has 2 aromatic carbocycles. The molecule has 0 saturated carbocycles. The molecule has 1 unspecified atom stereocenters. The average molecular weight is 348 g/mol. The molecule has 2 N–H and O–H groups in total. The number of carbonyl (C=O) groups is 1. The second kappa shape index (κ2) is 7.80. The Kier molecular flexibility index (Phi) is 5.29. The number of aromatic nitrogens is 1. The number of carbonyl (C=O) groups excluding carboxylic acids is 1. The molecule has 1 amide bonds. The third kappa shape index (κ3) is 4.68. The summed E-state index contributed by atoms with van der Waals surface area (Å²) in [6.07, 6.45) is 3.28.